The van der Waals surface area contributed by atoms with Gasteiger partial charge in [0, 0.05) is 0 Å². The molecule has 0 aromatic carbocycles. The van der Waals surface area contributed by atoms with Crippen LogP contribution < -0.4 is 11.5 Å². The maximum Gasteiger partial charge on any atom is 0.175 e. The van der Waals surface area contributed by atoms with Crippen molar-refractivity contribution in [2.75, 3.05) is 13.2 Å². The van der Waals surface area contributed by atoms with Gasteiger partial charge in [0.15, 0.2) is 6.29 Å². The van der Waals surface area contributed by atoms with Crippen LogP contribution in [0.2, 0.25) is 0 Å². The van der Waals surface area contributed by atoms with Crippen molar-refractivity contribution >= 4 is 6.29 Å². The second-order valence-electron chi connectivity index (χ2n) is 5.38. The summed E-state index contributed by atoms with van der Waals surface area (Å²) < 4.78 is 10.3. The van der Waals surface area contributed by atoms with Crippen LogP contribution in [0.3, 0.4) is 0 Å². The minimum Gasteiger partial charge on any atom is -0.394 e. The fraction of sp³-hybridized carbons (Fsp3) is 0.917. The van der Waals surface area contributed by atoms with E-state index in [4.69, 9.17) is 26.0 Å². The SMILES string of the molecule is N[C@H]1[C@H](OC[C@@H](O)[C@@H](O)[C@H](O)[C@@H](N)C=O)O[C@H](CO)[C@@H](O)[C@@H]1O. The first kappa shape index (κ1) is 20.3. The van der Waals surface area contributed by atoms with E-state index < -0.39 is 68.2 Å². The van der Waals surface area contributed by atoms with Crippen LogP contribution in [-0.2, 0) is 14.3 Å². The average molecular weight is 340 g/mol. The molecular weight excluding hydrogens is 316 g/mol. The van der Waals surface area contributed by atoms with Gasteiger partial charge in [-0.1, -0.05) is 0 Å². The van der Waals surface area contributed by atoms with E-state index in [1.807, 2.05) is 0 Å². The molecule has 23 heavy (non-hydrogen) atoms. The first-order valence-electron chi connectivity index (χ1n) is 6.99. The number of hydrogen-bond acceptors (Lipinski definition) is 11. The van der Waals surface area contributed by atoms with Crippen LogP contribution in [0.25, 0.3) is 0 Å². The Hall–Kier alpha value is -0.730. The van der Waals surface area contributed by atoms with Crippen LogP contribution in [0.1, 0.15) is 0 Å². The molecule has 0 aromatic heterocycles. The van der Waals surface area contributed by atoms with E-state index in [1.54, 1.807) is 0 Å². The van der Waals surface area contributed by atoms with Crippen molar-refractivity contribution in [3.05, 3.63) is 0 Å². The van der Waals surface area contributed by atoms with Crippen molar-refractivity contribution in [1.29, 1.82) is 0 Å². The Balaban J connectivity index is 2.57. The Kier molecular flexibility index (Phi) is 7.89. The summed E-state index contributed by atoms with van der Waals surface area (Å²) in [6.07, 6.45) is -10.1. The minimum atomic E-state index is -1.76. The monoisotopic (exact) mass is 340 g/mol. The maximum absolute atomic E-state index is 10.4. The molecule has 0 aliphatic carbocycles. The number of carbonyl (C=O) groups is 1. The van der Waals surface area contributed by atoms with E-state index in [1.165, 1.54) is 0 Å². The molecule has 0 amide bonds. The molecule has 1 aliphatic heterocycles. The average Bonchev–Trinajstić information content (AvgIpc) is 2.56. The molecule has 11 heteroatoms. The van der Waals surface area contributed by atoms with Crippen LogP contribution in [0, 0.1) is 0 Å². The normalized spacial score (nSPS) is 37.0. The van der Waals surface area contributed by atoms with E-state index >= 15 is 0 Å². The molecule has 1 saturated heterocycles. The van der Waals surface area contributed by atoms with E-state index in [0.29, 0.717) is 0 Å². The van der Waals surface area contributed by atoms with Gasteiger partial charge in [0.2, 0.25) is 0 Å². The molecule has 0 spiro atoms. The smallest absolute Gasteiger partial charge is 0.175 e. The number of carbonyl (C=O) groups excluding carboxylic acids is 1. The lowest BCUT2D eigenvalue weighted by Crippen LogP contribution is -2.63. The fourth-order valence-electron chi connectivity index (χ4n) is 2.08. The number of nitrogens with two attached hydrogens (primary N) is 2. The maximum atomic E-state index is 10.4. The van der Waals surface area contributed by atoms with Crippen molar-refractivity contribution in [3.8, 4) is 0 Å². The molecule has 0 unspecified atom stereocenters. The lowest BCUT2D eigenvalue weighted by Gasteiger charge is -2.40. The van der Waals surface area contributed by atoms with Gasteiger partial charge in [-0.3, -0.25) is 0 Å². The van der Waals surface area contributed by atoms with Crippen molar-refractivity contribution < 1.29 is 44.9 Å². The summed E-state index contributed by atoms with van der Waals surface area (Å²) >= 11 is 0. The van der Waals surface area contributed by atoms with Gasteiger partial charge < -0.3 is 56.4 Å². The summed E-state index contributed by atoms with van der Waals surface area (Å²) in [7, 11) is 0. The van der Waals surface area contributed by atoms with Crippen molar-refractivity contribution in [2.45, 2.75) is 55.0 Å². The molecule has 10 N–H and O–H groups in total. The Morgan fingerprint density at radius 3 is 2.30 bits per heavy atom. The molecule has 9 atom stereocenters. The van der Waals surface area contributed by atoms with Gasteiger partial charge in [0.05, 0.1) is 25.3 Å². The van der Waals surface area contributed by atoms with Crippen LogP contribution in [-0.4, -0.2) is 105 Å². The van der Waals surface area contributed by atoms with Gasteiger partial charge in [-0.25, -0.2) is 0 Å². The standard InChI is InChI=1S/C12H24N2O9/c13-4(1-15)8(18)9(19)5(17)3-22-12-7(14)11(21)10(20)6(2-16)23-12/h1,4-12,16-21H,2-3,13-14H2/t4-,5+,6+,7+,8+,9+,10+,11+,12+/m0/s1. The first-order valence-corrected chi connectivity index (χ1v) is 6.99. The first-order chi connectivity index (χ1) is 10.7. The van der Waals surface area contributed by atoms with Crippen LogP contribution in [0.5, 0.6) is 0 Å². The van der Waals surface area contributed by atoms with Crippen molar-refractivity contribution in [3.63, 3.8) is 0 Å². The topological polar surface area (TPSA) is 209 Å². The van der Waals surface area contributed by atoms with E-state index in [2.05, 4.69) is 0 Å². The largest absolute Gasteiger partial charge is 0.394 e. The lowest BCUT2D eigenvalue weighted by atomic mass is 9.98. The van der Waals surface area contributed by atoms with Gasteiger partial charge >= 0.3 is 0 Å². The number of rotatable bonds is 8. The lowest BCUT2D eigenvalue weighted by molar-refractivity contribution is -0.273. The second kappa shape index (κ2) is 8.94. The van der Waals surface area contributed by atoms with E-state index in [-0.39, 0.29) is 6.29 Å². The van der Waals surface area contributed by atoms with Gasteiger partial charge in [-0.2, -0.15) is 0 Å². The Morgan fingerprint density at radius 2 is 1.78 bits per heavy atom. The molecule has 1 aliphatic rings. The molecule has 1 fully saturated rings. The van der Waals surface area contributed by atoms with E-state index in [9.17, 15) is 30.3 Å². The zero-order chi connectivity index (χ0) is 17.7. The highest BCUT2D eigenvalue weighted by Gasteiger charge is 2.43. The zero-order valence-corrected chi connectivity index (χ0v) is 12.3. The minimum absolute atomic E-state index is 0.214. The molecule has 136 valence electrons. The summed E-state index contributed by atoms with van der Waals surface area (Å²) in [5.41, 5.74) is 10.8. The van der Waals surface area contributed by atoms with Crippen LogP contribution in [0.15, 0.2) is 0 Å². The Bertz CT molecular complexity index is 372. The quantitative estimate of drug-likeness (QED) is 0.195. The van der Waals surface area contributed by atoms with Crippen LogP contribution >= 0.6 is 0 Å². The fourth-order valence-corrected chi connectivity index (χ4v) is 2.08. The third kappa shape index (κ3) is 4.87. The highest BCUT2D eigenvalue weighted by atomic mass is 16.7. The predicted octanol–water partition coefficient (Wildman–Crippen LogP) is -5.62. The molecule has 1 heterocycles. The van der Waals surface area contributed by atoms with E-state index in [0.717, 1.165) is 0 Å². The highest BCUT2D eigenvalue weighted by Crippen LogP contribution is 2.21. The summed E-state index contributed by atoms with van der Waals surface area (Å²) in [6.45, 7) is -1.16. The summed E-state index contributed by atoms with van der Waals surface area (Å²) in [5.74, 6) is 0. The molecule has 1 rings (SSSR count). The molecule has 0 saturated carbocycles. The van der Waals surface area contributed by atoms with Gasteiger partial charge in [0.25, 0.3) is 0 Å². The summed E-state index contributed by atoms with van der Waals surface area (Å²) in [4.78, 5) is 10.4. The van der Waals surface area contributed by atoms with Gasteiger partial charge in [0.1, 0.15) is 42.9 Å². The highest BCUT2D eigenvalue weighted by molar-refractivity contribution is 5.58. The zero-order valence-electron chi connectivity index (χ0n) is 12.3. The van der Waals surface area contributed by atoms with Crippen molar-refractivity contribution in [1.82, 2.24) is 0 Å². The van der Waals surface area contributed by atoms with Gasteiger partial charge in [-0.15, -0.1) is 0 Å². The number of aliphatic hydroxyl groups excluding tert-OH is 6. The Labute approximate surface area is 132 Å². The third-order valence-corrected chi connectivity index (χ3v) is 3.66. The molecular formula is C12H24N2O9. The number of aliphatic hydroxyl groups is 6. The number of ether oxygens (including phenoxy) is 2. The molecule has 0 bridgehead atoms. The molecule has 0 radical (unpaired) electrons. The van der Waals surface area contributed by atoms with Crippen molar-refractivity contribution in [2.24, 2.45) is 11.5 Å². The summed E-state index contributed by atoms with van der Waals surface area (Å²) in [6, 6.07) is -2.55. The molecule has 0 aromatic rings. The number of aldehydes is 1. The number of hydrogen-bond donors (Lipinski definition) is 8. The Morgan fingerprint density at radius 1 is 1.17 bits per heavy atom. The molecule has 11 nitrogen and oxygen atoms in total. The van der Waals surface area contributed by atoms with Crippen LogP contribution in [0.4, 0.5) is 0 Å². The third-order valence-electron chi connectivity index (χ3n) is 3.66. The summed E-state index contributed by atoms with van der Waals surface area (Å²) in [5, 5.41) is 57.3. The second-order valence-corrected chi connectivity index (χ2v) is 5.38. The van der Waals surface area contributed by atoms with Gasteiger partial charge in [-0.05, 0) is 0 Å². The predicted molar refractivity (Wildman–Crippen MR) is 73.7 cm³/mol.